The van der Waals surface area contributed by atoms with E-state index in [1.807, 2.05) is 0 Å². The Labute approximate surface area is 112 Å². The first-order valence-corrected chi connectivity index (χ1v) is 5.57. The van der Waals surface area contributed by atoms with Crippen molar-refractivity contribution in [2.75, 3.05) is 0 Å². The molecule has 0 aromatic heterocycles. The van der Waals surface area contributed by atoms with Crippen LogP contribution in [-0.4, -0.2) is 24.2 Å². The van der Waals surface area contributed by atoms with Crippen LogP contribution < -0.4 is 10.9 Å². The summed E-state index contributed by atoms with van der Waals surface area (Å²) < 4.78 is 13.4. The van der Waals surface area contributed by atoms with E-state index in [2.05, 4.69) is 21.1 Å². The standard InChI is InChI=1S/C11H8ClFN4O2/c12-8-2-1-3-9(13)6(8)4-14-16-10(18)7-5-15-17-11(7)19/h1-5,7H,(H,16,18)(H,17,19)/b14-4-/t7-/m1/s1. The molecule has 2 rings (SSSR count). The molecule has 0 aliphatic carbocycles. The number of halogens is 2. The van der Waals surface area contributed by atoms with Crippen molar-refractivity contribution in [3.8, 4) is 0 Å². The Morgan fingerprint density at radius 1 is 1.58 bits per heavy atom. The van der Waals surface area contributed by atoms with Crippen molar-refractivity contribution in [2.45, 2.75) is 0 Å². The van der Waals surface area contributed by atoms with Gasteiger partial charge in [0, 0.05) is 11.8 Å². The lowest BCUT2D eigenvalue weighted by molar-refractivity contribution is -0.131. The highest BCUT2D eigenvalue weighted by molar-refractivity contribution is 6.33. The van der Waals surface area contributed by atoms with Crippen LogP contribution in [0.2, 0.25) is 5.02 Å². The van der Waals surface area contributed by atoms with Crippen LogP contribution in [0.4, 0.5) is 4.39 Å². The molecule has 1 aromatic carbocycles. The summed E-state index contributed by atoms with van der Waals surface area (Å²) in [6.45, 7) is 0. The third kappa shape index (κ3) is 2.94. The molecule has 1 atom stereocenters. The number of amides is 2. The molecule has 1 aromatic rings. The Bertz CT molecular complexity index is 568. The molecule has 6 nitrogen and oxygen atoms in total. The number of rotatable bonds is 3. The minimum absolute atomic E-state index is 0.0500. The minimum atomic E-state index is -1.03. The fraction of sp³-hybridized carbons (Fsp3) is 0.0909. The number of hydrogen-bond acceptors (Lipinski definition) is 4. The Hall–Kier alpha value is -2.28. The smallest absolute Gasteiger partial charge is 0.258 e. The lowest BCUT2D eigenvalue weighted by Gasteiger charge is -2.02. The number of hydrogen-bond donors (Lipinski definition) is 2. The summed E-state index contributed by atoms with van der Waals surface area (Å²) in [5.41, 5.74) is 4.27. The fourth-order valence-corrected chi connectivity index (χ4v) is 1.58. The average Bonchev–Trinajstić information content (AvgIpc) is 2.79. The van der Waals surface area contributed by atoms with E-state index in [-0.39, 0.29) is 10.6 Å². The molecule has 0 bridgehead atoms. The molecule has 1 heterocycles. The van der Waals surface area contributed by atoms with Gasteiger partial charge >= 0.3 is 0 Å². The number of carbonyl (C=O) groups excluding carboxylic acids is 2. The Balaban J connectivity index is 2.02. The highest BCUT2D eigenvalue weighted by Gasteiger charge is 2.28. The Morgan fingerprint density at radius 3 is 3.00 bits per heavy atom. The number of hydrazone groups is 2. The summed E-state index contributed by atoms with van der Waals surface area (Å²) in [5, 5.41) is 7.16. The second-order valence-electron chi connectivity index (χ2n) is 3.60. The third-order valence-electron chi connectivity index (χ3n) is 2.33. The van der Waals surface area contributed by atoms with Crippen LogP contribution in [0.1, 0.15) is 5.56 Å². The highest BCUT2D eigenvalue weighted by atomic mass is 35.5. The van der Waals surface area contributed by atoms with Crippen LogP contribution in [0.25, 0.3) is 0 Å². The first kappa shape index (κ1) is 13.2. The molecule has 2 amide bonds. The molecule has 0 spiro atoms. The van der Waals surface area contributed by atoms with E-state index < -0.39 is 23.5 Å². The van der Waals surface area contributed by atoms with Crippen LogP contribution in [0, 0.1) is 11.7 Å². The summed E-state index contributed by atoms with van der Waals surface area (Å²) in [4.78, 5) is 22.6. The minimum Gasteiger partial charge on any atom is -0.272 e. The van der Waals surface area contributed by atoms with Crippen molar-refractivity contribution in [3.63, 3.8) is 0 Å². The first-order valence-electron chi connectivity index (χ1n) is 5.19. The molecule has 0 fully saturated rings. The zero-order valence-electron chi connectivity index (χ0n) is 9.43. The zero-order chi connectivity index (χ0) is 13.8. The largest absolute Gasteiger partial charge is 0.272 e. The third-order valence-corrected chi connectivity index (χ3v) is 2.66. The highest BCUT2D eigenvalue weighted by Crippen LogP contribution is 2.16. The Morgan fingerprint density at radius 2 is 2.37 bits per heavy atom. The molecular weight excluding hydrogens is 275 g/mol. The predicted octanol–water partition coefficient (Wildman–Crippen LogP) is 0.661. The molecule has 1 aliphatic rings. The van der Waals surface area contributed by atoms with Gasteiger partial charge in [0.05, 0.1) is 11.2 Å². The molecule has 1 aliphatic heterocycles. The van der Waals surface area contributed by atoms with Gasteiger partial charge in [-0.05, 0) is 12.1 Å². The summed E-state index contributed by atoms with van der Waals surface area (Å²) in [7, 11) is 0. The second kappa shape index (κ2) is 5.57. The van der Waals surface area contributed by atoms with Crippen LogP contribution >= 0.6 is 11.6 Å². The van der Waals surface area contributed by atoms with E-state index in [4.69, 9.17) is 11.6 Å². The SMILES string of the molecule is O=C1NN=C[C@@H]1C(=O)N/N=C\c1c(F)cccc1Cl. The number of nitrogens with zero attached hydrogens (tertiary/aromatic N) is 2. The summed E-state index contributed by atoms with van der Waals surface area (Å²) in [5.74, 6) is -2.81. The van der Waals surface area contributed by atoms with E-state index >= 15 is 0 Å². The first-order chi connectivity index (χ1) is 9.09. The molecule has 98 valence electrons. The molecular formula is C11H8ClFN4O2. The predicted molar refractivity (Wildman–Crippen MR) is 67.3 cm³/mol. The van der Waals surface area contributed by atoms with E-state index in [9.17, 15) is 14.0 Å². The van der Waals surface area contributed by atoms with Crippen molar-refractivity contribution in [3.05, 3.63) is 34.6 Å². The average molecular weight is 283 g/mol. The van der Waals surface area contributed by atoms with Gasteiger partial charge in [-0.25, -0.2) is 15.2 Å². The number of benzene rings is 1. The van der Waals surface area contributed by atoms with Gasteiger partial charge in [-0.2, -0.15) is 10.2 Å². The van der Waals surface area contributed by atoms with Crippen LogP contribution in [0.15, 0.2) is 28.4 Å². The molecule has 0 radical (unpaired) electrons. The summed E-state index contributed by atoms with van der Waals surface area (Å²) >= 11 is 5.77. The van der Waals surface area contributed by atoms with E-state index in [1.54, 1.807) is 0 Å². The lowest BCUT2D eigenvalue weighted by atomic mass is 10.1. The summed E-state index contributed by atoms with van der Waals surface area (Å²) in [6.07, 6.45) is 2.23. The Kier molecular flexibility index (Phi) is 3.86. The quantitative estimate of drug-likeness (QED) is 0.485. The van der Waals surface area contributed by atoms with Crippen molar-refractivity contribution >= 4 is 35.8 Å². The maximum atomic E-state index is 13.4. The maximum absolute atomic E-state index is 13.4. The monoisotopic (exact) mass is 282 g/mol. The molecule has 0 saturated heterocycles. The zero-order valence-corrected chi connectivity index (χ0v) is 10.2. The normalized spacial score (nSPS) is 17.8. The van der Waals surface area contributed by atoms with Gasteiger partial charge in [0.25, 0.3) is 11.8 Å². The van der Waals surface area contributed by atoms with Gasteiger partial charge in [0.1, 0.15) is 5.82 Å². The van der Waals surface area contributed by atoms with Gasteiger partial charge < -0.3 is 0 Å². The van der Waals surface area contributed by atoms with Crippen molar-refractivity contribution in [2.24, 2.45) is 16.1 Å². The van der Waals surface area contributed by atoms with Gasteiger partial charge in [-0.3, -0.25) is 9.59 Å². The fourth-order valence-electron chi connectivity index (χ4n) is 1.36. The van der Waals surface area contributed by atoms with Crippen LogP contribution in [-0.2, 0) is 9.59 Å². The van der Waals surface area contributed by atoms with Gasteiger partial charge in [0.2, 0.25) is 0 Å². The summed E-state index contributed by atoms with van der Waals surface area (Å²) in [6, 6.07) is 4.16. The van der Waals surface area contributed by atoms with E-state index in [0.29, 0.717) is 0 Å². The topological polar surface area (TPSA) is 82.9 Å². The number of carbonyl (C=O) groups is 2. The van der Waals surface area contributed by atoms with E-state index in [1.165, 1.54) is 18.2 Å². The number of nitrogens with one attached hydrogen (secondary N) is 2. The molecule has 0 saturated carbocycles. The van der Waals surface area contributed by atoms with Crippen molar-refractivity contribution in [1.82, 2.24) is 10.9 Å². The van der Waals surface area contributed by atoms with Crippen molar-refractivity contribution < 1.29 is 14.0 Å². The molecule has 2 N–H and O–H groups in total. The molecule has 8 heteroatoms. The van der Waals surface area contributed by atoms with Crippen molar-refractivity contribution in [1.29, 1.82) is 0 Å². The van der Waals surface area contributed by atoms with Gasteiger partial charge in [0.15, 0.2) is 5.92 Å². The van der Waals surface area contributed by atoms with Crippen LogP contribution in [0.3, 0.4) is 0 Å². The molecule has 0 unspecified atom stereocenters. The van der Waals surface area contributed by atoms with Crippen LogP contribution in [0.5, 0.6) is 0 Å². The lowest BCUT2D eigenvalue weighted by Crippen LogP contribution is -2.34. The van der Waals surface area contributed by atoms with Gasteiger partial charge in [-0.1, -0.05) is 17.7 Å². The van der Waals surface area contributed by atoms with E-state index in [0.717, 1.165) is 12.4 Å². The maximum Gasteiger partial charge on any atom is 0.258 e. The van der Waals surface area contributed by atoms with Gasteiger partial charge in [-0.15, -0.1) is 0 Å². The molecule has 19 heavy (non-hydrogen) atoms. The second-order valence-corrected chi connectivity index (χ2v) is 4.01.